The molecule has 0 saturated carbocycles. The monoisotopic (exact) mass is 812 g/mol. The summed E-state index contributed by atoms with van der Waals surface area (Å²) in [5, 5.41) is 14.3. The van der Waals surface area contributed by atoms with Gasteiger partial charge in [-0.05, 0) is 113 Å². The maximum Gasteiger partial charge on any atom is 0.164 e. The summed E-state index contributed by atoms with van der Waals surface area (Å²) in [7, 11) is 0. The highest BCUT2D eigenvalue weighted by molar-refractivity contribution is 6.24. The van der Waals surface area contributed by atoms with Crippen LogP contribution in [0.4, 0.5) is 0 Å². The van der Waals surface area contributed by atoms with E-state index in [1.54, 1.807) is 0 Å². The normalized spacial score (nSPS) is 11.4. The van der Waals surface area contributed by atoms with Crippen LogP contribution in [0.25, 0.3) is 122 Å². The molecule has 1 heterocycles. The number of aromatic nitrogens is 3. The van der Waals surface area contributed by atoms with Gasteiger partial charge in [0.25, 0.3) is 0 Å². The first kappa shape index (κ1) is 37.0. The van der Waals surface area contributed by atoms with E-state index in [1.807, 2.05) is 84.9 Å². The van der Waals surface area contributed by atoms with Crippen molar-refractivity contribution in [2.24, 2.45) is 0 Å². The van der Waals surface area contributed by atoms with Gasteiger partial charge in [0, 0.05) is 16.7 Å². The molecule has 0 spiro atoms. The van der Waals surface area contributed by atoms with Crippen molar-refractivity contribution in [3.8, 4) is 107 Å². The van der Waals surface area contributed by atoms with Crippen LogP contribution in [0.3, 0.4) is 0 Å². The van der Waals surface area contributed by atoms with Crippen LogP contribution in [0.15, 0.2) is 218 Å². The maximum atomic E-state index is 9.45. The number of benzene rings is 10. The molecule has 0 N–H and O–H groups in total. The fourth-order valence-corrected chi connectivity index (χ4v) is 9.51. The van der Waals surface area contributed by atoms with E-state index in [1.165, 1.54) is 60.5 Å². The van der Waals surface area contributed by atoms with Gasteiger partial charge in [-0.3, -0.25) is 0 Å². The second-order valence-electron chi connectivity index (χ2n) is 16.2. The number of hydrogen-bond donors (Lipinski definition) is 0. The van der Waals surface area contributed by atoms with Crippen LogP contribution in [-0.4, -0.2) is 15.0 Å². The summed E-state index contributed by atoms with van der Waals surface area (Å²) in [6, 6.07) is 79.0. The van der Waals surface area contributed by atoms with E-state index in [0.717, 1.165) is 44.5 Å². The van der Waals surface area contributed by atoms with E-state index in [-0.39, 0.29) is 0 Å². The lowest BCUT2D eigenvalue weighted by molar-refractivity contribution is 1.07. The molecule has 4 heteroatoms. The Balaban J connectivity index is 1.02. The lowest BCUT2D eigenvalue weighted by Gasteiger charge is -2.18. The molecule has 4 nitrogen and oxygen atoms in total. The molecule has 10 aromatic carbocycles. The van der Waals surface area contributed by atoms with Crippen LogP contribution in [0, 0.1) is 11.3 Å². The highest BCUT2D eigenvalue weighted by atomic mass is 15.0. The smallest absolute Gasteiger partial charge is 0.164 e. The molecular weight excluding hydrogens is 777 g/mol. The van der Waals surface area contributed by atoms with Crippen molar-refractivity contribution in [1.82, 2.24) is 15.0 Å². The Hall–Kier alpha value is -8.78. The molecule has 12 rings (SSSR count). The first-order valence-electron chi connectivity index (χ1n) is 21.5. The van der Waals surface area contributed by atoms with Crippen molar-refractivity contribution in [3.05, 3.63) is 224 Å². The van der Waals surface area contributed by atoms with Gasteiger partial charge in [0.15, 0.2) is 17.5 Å². The molecule has 0 saturated heterocycles. The Bertz CT molecular complexity index is 3580. The van der Waals surface area contributed by atoms with E-state index >= 15 is 0 Å². The molecule has 11 aromatic rings. The van der Waals surface area contributed by atoms with Gasteiger partial charge >= 0.3 is 0 Å². The Morgan fingerprint density at radius 1 is 0.266 bits per heavy atom. The third-order valence-corrected chi connectivity index (χ3v) is 12.5. The van der Waals surface area contributed by atoms with Crippen LogP contribution < -0.4 is 0 Å². The average Bonchev–Trinajstić information content (AvgIpc) is 3.71. The van der Waals surface area contributed by atoms with Crippen LogP contribution in [-0.2, 0) is 0 Å². The summed E-state index contributed by atoms with van der Waals surface area (Å²) >= 11 is 0. The molecule has 0 unspecified atom stereocenters. The Kier molecular flexibility index (Phi) is 8.84. The first-order chi connectivity index (χ1) is 31.7. The number of hydrogen-bond acceptors (Lipinski definition) is 4. The quantitative estimate of drug-likeness (QED) is 0.161. The number of rotatable bonds is 7. The van der Waals surface area contributed by atoms with E-state index in [0.29, 0.717) is 23.0 Å². The minimum Gasteiger partial charge on any atom is -0.208 e. The second-order valence-corrected chi connectivity index (χ2v) is 16.2. The van der Waals surface area contributed by atoms with E-state index in [9.17, 15) is 5.26 Å². The predicted molar refractivity (Wildman–Crippen MR) is 262 cm³/mol. The molecule has 0 amide bonds. The summed E-state index contributed by atoms with van der Waals surface area (Å²) < 4.78 is 0. The Labute approximate surface area is 371 Å². The van der Waals surface area contributed by atoms with Gasteiger partial charge in [-0.1, -0.05) is 194 Å². The van der Waals surface area contributed by atoms with Crippen molar-refractivity contribution < 1.29 is 0 Å². The fourth-order valence-electron chi connectivity index (χ4n) is 9.51. The molecule has 0 fully saturated rings. The fraction of sp³-hybridized carbons (Fsp3) is 0. The largest absolute Gasteiger partial charge is 0.208 e. The van der Waals surface area contributed by atoms with Gasteiger partial charge in [0.2, 0.25) is 0 Å². The van der Waals surface area contributed by atoms with Crippen LogP contribution in [0.1, 0.15) is 5.56 Å². The number of fused-ring (bicyclic) bond motifs is 4. The topological polar surface area (TPSA) is 62.5 Å². The van der Waals surface area contributed by atoms with Gasteiger partial charge in [0.05, 0.1) is 11.6 Å². The third-order valence-electron chi connectivity index (χ3n) is 12.5. The molecule has 0 bridgehead atoms. The van der Waals surface area contributed by atoms with E-state index in [2.05, 4.69) is 140 Å². The lowest BCUT2D eigenvalue weighted by atomic mass is 9.85. The highest BCUT2D eigenvalue weighted by Crippen LogP contribution is 2.53. The molecule has 1 aliphatic carbocycles. The van der Waals surface area contributed by atoms with Crippen molar-refractivity contribution in [2.45, 2.75) is 0 Å². The zero-order valence-electron chi connectivity index (χ0n) is 34.6. The lowest BCUT2D eigenvalue weighted by Crippen LogP contribution is -2.00. The number of nitrogens with zero attached hydrogens (tertiary/aromatic N) is 4. The Morgan fingerprint density at radius 3 is 1.28 bits per heavy atom. The van der Waals surface area contributed by atoms with Crippen molar-refractivity contribution in [2.75, 3.05) is 0 Å². The zero-order valence-corrected chi connectivity index (χ0v) is 34.6. The van der Waals surface area contributed by atoms with Crippen molar-refractivity contribution in [3.63, 3.8) is 0 Å². The summed E-state index contributed by atoms with van der Waals surface area (Å²) in [5.41, 5.74) is 17.6. The first-order valence-corrected chi connectivity index (χ1v) is 21.5. The molecule has 0 aliphatic heterocycles. The Morgan fingerprint density at radius 2 is 0.672 bits per heavy atom. The molecule has 1 aliphatic rings. The second kappa shape index (κ2) is 15.3. The summed E-state index contributed by atoms with van der Waals surface area (Å²) in [4.78, 5) is 15.0. The average molecular weight is 813 g/mol. The molecule has 64 heavy (non-hydrogen) atoms. The minimum absolute atomic E-state index is 0.625. The van der Waals surface area contributed by atoms with Gasteiger partial charge in [-0.15, -0.1) is 0 Å². The zero-order chi connectivity index (χ0) is 42.6. The predicted octanol–water partition coefficient (Wildman–Crippen LogP) is 15.4. The van der Waals surface area contributed by atoms with Gasteiger partial charge < -0.3 is 0 Å². The molecular formula is C60H36N4. The van der Waals surface area contributed by atoms with Crippen molar-refractivity contribution >= 4 is 21.5 Å². The maximum absolute atomic E-state index is 9.45. The van der Waals surface area contributed by atoms with Crippen LogP contribution >= 0.6 is 0 Å². The summed E-state index contributed by atoms with van der Waals surface area (Å²) in [5.74, 6) is 1.90. The van der Waals surface area contributed by atoms with Crippen LogP contribution in [0.2, 0.25) is 0 Å². The standard InChI is InChI=1S/C60H36N4/c61-37-38-25-27-39(28-26-38)42-17-11-19-44(35-42)47-30-32-53-50-23-9-10-24-51(50)54-33-34-55(56(47)57(53)54)52-31-29-46(48-21-7-8-22-49(48)52)43-18-12-20-45(36-43)60-63-58(40-13-3-1-4-14-40)62-59(64-60)41-15-5-2-6-16-41/h1-36H. The van der Waals surface area contributed by atoms with Crippen molar-refractivity contribution in [1.29, 1.82) is 5.26 Å². The molecule has 0 radical (unpaired) electrons. The molecule has 0 atom stereocenters. The van der Waals surface area contributed by atoms with E-state index < -0.39 is 0 Å². The minimum atomic E-state index is 0.625. The third kappa shape index (κ3) is 6.26. The van der Waals surface area contributed by atoms with Gasteiger partial charge in [-0.25, -0.2) is 15.0 Å². The number of nitriles is 1. The van der Waals surface area contributed by atoms with Crippen LogP contribution in [0.5, 0.6) is 0 Å². The van der Waals surface area contributed by atoms with Gasteiger partial charge in [-0.2, -0.15) is 5.26 Å². The molecule has 296 valence electrons. The summed E-state index contributed by atoms with van der Waals surface area (Å²) in [6.45, 7) is 0. The highest BCUT2D eigenvalue weighted by Gasteiger charge is 2.26. The van der Waals surface area contributed by atoms with E-state index in [4.69, 9.17) is 15.0 Å². The summed E-state index contributed by atoms with van der Waals surface area (Å²) in [6.07, 6.45) is 0. The molecule has 1 aromatic heterocycles. The SMILES string of the molecule is N#Cc1ccc(-c2cccc(-c3ccc4c5c(ccc(-c6ccc(-c7cccc(-c8nc(-c9ccccc9)nc(-c9ccccc9)n8)c7)c7ccccc67)c35)-c3ccccc3-4)c2)cc1. The van der Waals surface area contributed by atoms with Gasteiger partial charge in [0.1, 0.15) is 0 Å².